The van der Waals surface area contributed by atoms with Gasteiger partial charge in [-0.05, 0) is 12.0 Å². The maximum absolute atomic E-state index is 12.7. The van der Waals surface area contributed by atoms with Gasteiger partial charge < -0.3 is 10.6 Å². The number of carbonyl (C=O) groups is 1. The lowest BCUT2D eigenvalue weighted by atomic mass is 10.1. The van der Waals surface area contributed by atoms with Crippen molar-refractivity contribution in [2.45, 2.75) is 19.9 Å². The van der Waals surface area contributed by atoms with Crippen molar-refractivity contribution in [3.63, 3.8) is 0 Å². The van der Waals surface area contributed by atoms with Crippen LogP contribution in [-0.2, 0) is 20.0 Å². The van der Waals surface area contributed by atoms with Gasteiger partial charge in [-0.15, -0.1) is 0 Å². The fraction of sp³-hybridized carbons (Fsp3) is 0.375. The molecule has 0 radical (unpaired) electrons. The monoisotopic (exact) mass is 286 g/mol. The Morgan fingerprint density at radius 3 is 2.67 bits per heavy atom. The Kier molecular flexibility index (Phi) is 5.11. The number of amides is 1. The number of hydrogen-bond donors (Lipinski definition) is 1. The van der Waals surface area contributed by atoms with Gasteiger partial charge in [-0.25, -0.2) is 0 Å². The first-order valence-electron chi connectivity index (χ1n) is 7.21. The van der Waals surface area contributed by atoms with Crippen LogP contribution in [0, 0.1) is 0 Å². The SMILES string of the molecule is CCc1nn(C)cc1C(=O)N(CCN)Cc1ccccc1. The lowest BCUT2D eigenvalue weighted by Crippen LogP contribution is -2.35. The van der Waals surface area contributed by atoms with Crippen molar-refractivity contribution >= 4 is 5.91 Å². The minimum absolute atomic E-state index is 0.00532. The molecule has 0 fully saturated rings. The molecule has 2 N–H and O–H groups in total. The second-order valence-corrected chi connectivity index (χ2v) is 5.02. The van der Waals surface area contributed by atoms with Crippen LogP contribution in [0.1, 0.15) is 28.5 Å². The third-order valence-corrected chi connectivity index (χ3v) is 3.37. The van der Waals surface area contributed by atoms with Gasteiger partial charge in [0.15, 0.2) is 0 Å². The summed E-state index contributed by atoms with van der Waals surface area (Å²) in [5.41, 5.74) is 8.26. The predicted molar refractivity (Wildman–Crippen MR) is 82.8 cm³/mol. The Balaban J connectivity index is 2.22. The molecule has 2 aromatic rings. The quantitative estimate of drug-likeness (QED) is 0.877. The highest BCUT2D eigenvalue weighted by atomic mass is 16.2. The van der Waals surface area contributed by atoms with Gasteiger partial charge in [-0.3, -0.25) is 9.48 Å². The number of aryl methyl sites for hydroxylation is 2. The van der Waals surface area contributed by atoms with Gasteiger partial charge in [0.1, 0.15) is 0 Å². The van der Waals surface area contributed by atoms with E-state index < -0.39 is 0 Å². The molecule has 0 aliphatic carbocycles. The van der Waals surface area contributed by atoms with E-state index in [1.165, 1.54) is 0 Å². The van der Waals surface area contributed by atoms with Gasteiger partial charge in [0.05, 0.1) is 11.3 Å². The number of hydrogen-bond acceptors (Lipinski definition) is 3. The van der Waals surface area contributed by atoms with E-state index in [4.69, 9.17) is 5.73 Å². The van der Waals surface area contributed by atoms with E-state index in [1.807, 2.05) is 44.3 Å². The minimum Gasteiger partial charge on any atom is -0.333 e. The summed E-state index contributed by atoms with van der Waals surface area (Å²) in [6.07, 6.45) is 2.53. The van der Waals surface area contributed by atoms with Crippen LogP contribution in [0.15, 0.2) is 36.5 Å². The molecule has 1 aromatic heterocycles. The standard InChI is InChI=1S/C16H22N4O/c1-3-15-14(12-19(2)18-15)16(21)20(10-9-17)11-13-7-5-4-6-8-13/h4-8,12H,3,9-11,17H2,1-2H3. The Labute approximate surface area is 125 Å². The van der Waals surface area contributed by atoms with Crippen molar-refractivity contribution in [3.05, 3.63) is 53.3 Å². The van der Waals surface area contributed by atoms with Crippen molar-refractivity contribution in [1.29, 1.82) is 0 Å². The minimum atomic E-state index is -0.00532. The number of nitrogens with two attached hydrogens (primary N) is 1. The van der Waals surface area contributed by atoms with E-state index in [-0.39, 0.29) is 5.91 Å². The first-order valence-corrected chi connectivity index (χ1v) is 7.21. The third kappa shape index (κ3) is 3.70. The van der Waals surface area contributed by atoms with E-state index in [2.05, 4.69) is 5.10 Å². The molecule has 0 spiro atoms. The van der Waals surface area contributed by atoms with Gasteiger partial charge >= 0.3 is 0 Å². The molecular formula is C16H22N4O. The molecule has 0 unspecified atom stereocenters. The molecule has 21 heavy (non-hydrogen) atoms. The number of benzene rings is 1. The molecule has 112 valence electrons. The molecule has 0 bridgehead atoms. The number of rotatable bonds is 6. The van der Waals surface area contributed by atoms with Crippen LogP contribution in [0.3, 0.4) is 0 Å². The molecule has 5 nitrogen and oxygen atoms in total. The molecule has 5 heteroatoms. The van der Waals surface area contributed by atoms with E-state index in [0.717, 1.165) is 17.7 Å². The summed E-state index contributed by atoms with van der Waals surface area (Å²) >= 11 is 0. The zero-order chi connectivity index (χ0) is 15.2. The first kappa shape index (κ1) is 15.3. The zero-order valence-corrected chi connectivity index (χ0v) is 12.6. The van der Waals surface area contributed by atoms with Crippen LogP contribution in [0.5, 0.6) is 0 Å². The number of nitrogens with zero attached hydrogens (tertiary/aromatic N) is 3. The normalized spacial score (nSPS) is 10.6. The number of carbonyl (C=O) groups excluding carboxylic acids is 1. The lowest BCUT2D eigenvalue weighted by molar-refractivity contribution is 0.0747. The van der Waals surface area contributed by atoms with Crippen LogP contribution in [0.2, 0.25) is 0 Å². The van der Waals surface area contributed by atoms with Gasteiger partial charge in [0.25, 0.3) is 5.91 Å². The van der Waals surface area contributed by atoms with Crippen molar-refractivity contribution < 1.29 is 4.79 Å². The second-order valence-electron chi connectivity index (χ2n) is 5.02. The average Bonchev–Trinajstić information content (AvgIpc) is 2.88. The van der Waals surface area contributed by atoms with Gasteiger partial charge in [-0.1, -0.05) is 37.3 Å². The summed E-state index contributed by atoms with van der Waals surface area (Å²) in [7, 11) is 1.83. The van der Waals surface area contributed by atoms with E-state index in [1.54, 1.807) is 15.8 Å². The largest absolute Gasteiger partial charge is 0.333 e. The summed E-state index contributed by atoms with van der Waals surface area (Å²) in [5.74, 6) is -0.00532. The molecule has 0 saturated heterocycles. The van der Waals surface area contributed by atoms with Gasteiger partial charge in [0.2, 0.25) is 0 Å². The van der Waals surface area contributed by atoms with E-state index in [9.17, 15) is 4.79 Å². The Morgan fingerprint density at radius 2 is 2.05 bits per heavy atom. The zero-order valence-electron chi connectivity index (χ0n) is 12.6. The van der Waals surface area contributed by atoms with Crippen LogP contribution >= 0.6 is 0 Å². The molecule has 1 heterocycles. The van der Waals surface area contributed by atoms with Crippen LogP contribution < -0.4 is 5.73 Å². The molecule has 0 saturated carbocycles. The summed E-state index contributed by atoms with van der Waals surface area (Å²) in [5, 5.41) is 4.34. The van der Waals surface area contributed by atoms with E-state index >= 15 is 0 Å². The van der Waals surface area contributed by atoms with Crippen LogP contribution in [0.4, 0.5) is 0 Å². The molecule has 1 amide bonds. The maximum atomic E-state index is 12.7. The third-order valence-electron chi connectivity index (χ3n) is 3.37. The second kappa shape index (κ2) is 7.04. The lowest BCUT2D eigenvalue weighted by Gasteiger charge is -2.22. The fourth-order valence-corrected chi connectivity index (χ4v) is 2.36. The fourth-order valence-electron chi connectivity index (χ4n) is 2.36. The van der Waals surface area contributed by atoms with Gasteiger partial charge in [-0.2, -0.15) is 5.10 Å². The summed E-state index contributed by atoms with van der Waals surface area (Å²) < 4.78 is 1.69. The number of aromatic nitrogens is 2. The highest BCUT2D eigenvalue weighted by Gasteiger charge is 2.20. The summed E-state index contributed by atoms with van der Waals surface area (Å²) in [6, 6.07) is 9.94. The first-order chi connectivity index (χ1) is 10.2. The predicted octanol–water partition coefficient (Wildman–Crippen LogP) is 1.58. The summed E-state index contributed by atoms with van der Waals surface area (Å²) in [6.45, 7) is 3.55. The Morgan fingerprint density at radius 1 is 1.33 bits per heavy atom. The highest BCUT2D eigenvalue weighted by molar-refractivity contribution is 5.95. The average molecular weight is 286 g/mol. The Bertz CT molecular complexity index is 592. The van der Waals surface area contributed by atoms with Crippen molar-refractivity contribution in [1.82, 2.24) is 14.7 Å². The van der Waals surface area contributed by atoms with Crippen LogP contribution in [-0.4, -0.2) is 33.7 Å². The molecule has 0 aliphatic rings. The van der Waals surface area contributed by atoms with Crippen molar-refractivity contribution in [3.8, 4) is 0 Å². The highest BCUT2D eigenvalue weighted by Crippen LogP contribution is 2.13. The smallest absolute Gasteiger partial charge is 0.257 e. The van der Waals surface area contributed by atoms with E-state index in [0.29, 0.717) is 25.2 Å². The summed E-state index contributed by atoms with van der Waals surface area (Å²) in [4.78, 5) is 14.5. The molecular weight excluding hydrogens is 264 g/mol. The van der Waals surface area contributed by atoms with Crippen molar-refractivity contribution in [2.75, 3.05) is 13.1 Å². The van der Waals surface area contributed by atoms with Crippen LogP contribution in [0.25, 0.3) is 0 Å². The van der Waals surface area contributed by atoms with Gasteiger partial charge in [0, 0.05) is 32.9 Å². The topological polar surface area (TPSA) is 64.2 Å². The van der Waals surface area contributed by atoms with Crippen molar-refractivity contribution in [2.24, 2.45) is 12.8 Å². The molecule has 0 aliphatic heterocycles. The maximum Gasteiger partial charge on any atom is 0.257 e. The molecule has 1 aromatic carbocycles. The molecule has 0 atom stereocenters. The Hall–Kier alpha value is -2.14. The molecule has 2 rings (SSSR count).